The van der Waals surface area contributed by atoms with Crippen molar-refractivity contribution in [1.29, 1.82) is 0 Å². The highest BCUT2D eigenvalue weighted by molar-refractivity contribution is 5.68. The number of benzene rings is 1. The van der Waals surface area contributed by atoms with Crippen molar-refractivity contribution >= 4 is 5.97 Å². The van der Waals surface area contributed by atoms with Gasteiger partial charge >= 0.3 is 5.97 Å². The lowest BCUT2D eigenvalue weighted by Gasteiger charge is -2.05. The molecular weight excluding hydrogens is 256 g/mol. The van der Waals surface area contributed by atoms with Crippen LogP contribution in [0, 0.1) is 0 Å². The number of aliphatic carboxylic acids is 1. The van der Waals surface area contributed by atoms with Crippen LogP contribution in [0.25, 0.3) is 11.4 Å². The second kappa shape index (κ2) is 6.65. The van der Waals surface area contributed by atoms with Gasteiger partial charge in [-0.2, -0.15) is 0 Å². The number of hydrogen-bond donors (Lipinski definition) is 1. The van der Waals surface area contributed by atoms with Gasteiger partial charge in [-0.05, 0) is 36.2 Å². The molecule has 1 aromatic carbocycles. The van der Waals surface area contributed by atoms with Crippen molar-refractivity contribution in [3.63, 3.8) is 0 Å². The van der Waals surface area contributed by atoms with E-state index >= 15 is 0 Å². The Kier molecular flexibility index (Phi) is 4.65. The number of aryl methyl sites for hydroxylation is 1. The van der Waals surface area contributed by atoms with Crippen molar-refractivity contribution in [3.8, 4) is 17.1 Å². The van der Waals surface area contributed by atoms with Gasteiger partial charge in [0, 0.05) is 18.0 Å². The molecule has 0 atom stereocenters. The minimum absolute atomic E-state index is 0.346. The Labute approximate surface area is 117 Å². The zero-order valence-corrected chi connectivity index (χ0v) is 11.2. The number of rotatable bonds is 6. The molecule has 0 saturated carbocycles. The lowest BCUT2D eigenvalue weighted by Crippen LogP contribution is -2.09. The van der Waals surface area contributed by atoms with Crippen molar-refractivity contribution in [1.82, 2.24) is 9.97 Å². The van der Waals surface area contributed by atoms with Gasteiger partial charge in [-0.3, -0.25) is 0 Å². The molecule has 1 aromatic heterocycles. The summed E-state index contributed by atoms with van der Waals surface area (Å²) in [7, 11) is 0. The first-order valence-corrected chi connectivity index (χ1v) is 6.45. The van der Waals surface area contributed by atoms with E-state index in [-0.39, 0.29) is 6.61 Å². The highest BCUT2D eigenvalue weighted by Crippen LogP contribution is 2.19. The largest absolute Gasteiger partial charge is 0.482 e. The number of aromatic nitrogens is 2. The third-order valence-corrected chi connectivity index (χ3v) is 2.72. The van der Waals surface area contributed by atoms with Gasteiger partial charge in [0.05, 0.1) is 0 Å². The number of hydrogen-bond acceptors (Lipinski definition) is 4. The van der Waals surface area contributed by atoms with Crippen molar-refractivity contribution in [2.24, 2.45) is 0 Å². The lowest BCUT2D eigenvalue weighted by molar-refractivity contribution is -0.139. The van der Waals surface area contributed by atoms with E-state index in [4.69, 9.17) is 9.84 Å². The van der Waals surface area contributed by atoms with Crippen molar-refractivity contribution < 1.29 is 14.6 Å². The van der Waals surface area contributed by atoms with E-state index in [9.17, 15) is 4.79 Å². The highest BCUT2D eigenvalue weighted by atomic mass is 16.5. The maximum atomic E-state index is 10.4. The van der Waals surface area contributed by atoms with Crippen LogP contribution < -0.4 is 4.74 Å². The molecule has 0 amide bonds. The molecule has 5 nitrogen and oxygen atoms in total. The molecule has 1 heterocycles. The number of ether oxygens (including phenoxy) is 1. The summed E-state index contributed by atoms with van der Waals surface area (Å²) in [6.45, 7) is 1.77. The molecular formula is C15H16N2O3. The average molecular weight is 272 g/mol. The number of carbonyl (C=O) groups is 1. The predicted octanol–water partition coefficient (Wildman–Crippen LogP) is 2.56. The SMILES string of the molecule is CCCc1cnc(-c2ccc(OCC(=O)O)cc2)nc1. The van der Waals surface area contributed by atoms with Crippen LogP contribution in [0.5, 0.6) is 5.75 Å². The Hall–Kier alpha value is -2.43. The fourth-order valence-corrected chi connectivity index (χ4v) is 1.77. The zero-order chi connectivity index (χ0) is 14.4. The van der Waals surface area contributed by atoms with Crippen LogP contribution in [0.3, 0.4) is 0 Å². The summed E-state index contributed by atoms with van der Waals surface area (Å²) in [6.07, 6.45) is 5.71. The Balaban J connectivity index is 2.07. The normalized spacial score (nSPS) is 10.2. The van der Waals surface area contributed by atoms with E-state index in [1.165, 1.54) is 0 Å². The fraction of sp³-hybridized carbons (Fsp3) is 0.267. The van der Waals surface area contributed by atoms with E-state index in [0.29, 0.717) is 11.6 Å². The molecule has 1 N–H and O–H groups in total. The van der Waals surface area contributed by atoms with E-state index in [1.807, 2.05) is 24.5 Å². The quantitative estimate of drug-likeness (QED) is 0.875. The smallest absolute Gasteiger partial charge is 0.341 e. The summed E-state index contributed by atoms with van der Waals surface area (Å²) in [6, 6.07) is 7.04. The molecule has 104 valence electrons. The predicted molar refractivity (Wildman–Crippen MR) is 74.6 cm³/mol. The summed E-state index contributed by atoms with van der Waals surface area (Å²) in [5, 5.41) is 8.53. The summed E-state index contributed by atoms with van der Waals surface area (Å²) >= 11 is 0. The van der Waals surface area contributed by atoms with Gasteiger partial charge in [-0.25, -0.2) is 14.8 Å². The van der Waals surface area contributed by atoms with Crippen LogP contribution in [0.15, 0.2) is 36.7 Å². The van der Waals surface area contributed by atoms with Gasteiger partial charge < -0.3 is 9.84 Å². The van der Waals surface area contributed by atoms with Crippen LogP contribution in [-0.4, -0.2) is 27.7 Å². The summed E-state index contributed by atoms with van der Waals surface area (Å²) in [4.78, 5) is 19.1. The monoisotopic (exact) mass is 272 g/mol. The Bertz CT molecular complexity index is 565. The first-order valence-electron chi connectivity index (χ1n) is 6.45. The van der Waals surface area contributed by atoms with E-state index in [0.717, 1.165) is 24.0 Å². The average Bonchev–Trinajstić information content (AvgIpc) is 2.47. The Morgan fingerprint density at radius 2 is 1.85 bits per heavy atom. The molecule has 2 aromatic rings. The van der Waals surface area contributed by atoms with Gasteiger partial charge in [0.2, 0.25) is 0 Å². The topological polar surface area (TPSA) is 72.3 Å². The molecule has 5 heteroatoms. The summed E-state index contributed by atoms with van der Waals surface area (Å²) < 4.78 is 5.07. The molecule has 20 heavy (non-hydrogen) atoms. The van der Waals surface area contributed by atoms with Crippen molar-refractivity contribution in [3.05, 3.63) is 42.2 Å². The fourth-order valence-electron chi connectivity index (χ4n) is 1.77. The Morgan fingerprint density at radius 1 is 1.20 bits per heavy atom. The summed E-state index contributed by atoms with van der Waals surface area (Å²) in [5.74, 6) is 0.164. The first-order chi connectivity index (χ1) is 9.69. The van der Waals surface area contributed by atoms with Crippen LogP contribution in [0.4, 0.5) is 0 Å². The highest BCUT2D eigenvalue weighted by Gasteiger charge is 2.03. The molecule has 0 aliphatic rings. The minimum Gasteiger partial charge on any atom is -0.482 e. The van der Waals surface area contributed by atoms with Crippen molar-refractivity contribution in [2.75, 3.05) is 6.61 Å². The molecule has 0 radical (unpaired) electrons. The Morgan fingerprint density at radius 3 is 2.40 bits per heavy atom. The number of carboxylic acid groups (broad SMARTS) is 1. The van der Waals surface area contributed by atoms with Crippen LogP contribution in [0.2, 0.25) is 0 Å². The van der Waals surface area contributed by atoms with Gasteiger partial charge in [-0.1, -0.05) is 13.3 Å². The van der Waals surface area contributed by atoms with E-state index in [2.05, 4.69) is 16.9 Å². The second-order valence-electron chi connectivity index (χ2n) is 4.37. The number of nitrogens with zero attached hydrogens (tertiary/aromatic N) is 2. The maximum absolute atomic E-state index is 10.4. The second-order valence-corrected chi connectivity index (χ2v) is 4.37. The zero-order valence-electron chi connectivity index (χ0n) is 11.2. The van der Waals surface area contributed by atoms with Crippen LogP contribution in [-0.2, 0) is 11.2 Å². The molecule has 0 aliphatic heterocycles. The maximum Gasteiger partial charge on any atom is 0.341 e. The van der Waals surface area contributed by atoms with Gasteiger partial charge in [-0.15, -0.1) is 0 Å². The first kappa shape index (κ1) is 14.0. The van der Waals surface area contributed by atoms with Gasteiger partial charge in [0.1, 0.15) is 5.75 Å². The van der Waals surface area contributed by atoms with Crippen molar-refractivity contribution in [2.45, 2.75) is 19.8 Å². The molecule has 0 aliphatic carbocycles. The molecule has 0 fully saturated rings. The third-order valence-electron chi connectivity index (χ3n) is 2.72. The van der Waals surface area contributed by atoms with E-state index in [1.54, 1.807) is 12.1 Å². The van der Waals surface area contributed by atoms with Crippen LogP contribution in [0.1, 0.15) is 18.9 Å². The molecule has 0 unspecified atom stereocenters. The number of carboxylic acids is 1. The molecule has 2 rings (SSSR count). The standard InChI is InChI=1S/C15H16N2O3/c1-2-3-11-8-16-15(17-9-11)12-4-6-13(7-5-12)20-10-14(18)19/h4-9H,2-3,10H2,1H3,(H,18,19). The molecule has 0 spiro atoms. The molecule has 0 bridgehead atoms. The minimum atomic E-state index is -0.996. The lowest BCUT2D eigenvalue weighted by atomic mass is 10.2. The van der Waals surface area contributed by atoms with Crippen LogP contribution >= 0.6 is 0 Å². The third kappa shape index (κ3) is 3.78. The van der Waals surface area contributed by atoms with Gasteiger partial charge in [0.25, 0.3) is 0 Å². The van der Waals surface area contributed by atoms with Gasteiger partial charge in [0.15, 0.2) is 12.4 Å². The summed E-state index contributed by atoms with van der Waals surface area (Å²) in [5.41, 5.74) is 1.99. The molecule has 0 saturated heterocycles. The van der Waals surface area contributed by atoms with E-state index < -0.39 is 5.97 Å².